The van der Waals surface area contributed by atoms with Gasteiger partial charge >= 0.3 is 0 Å². The summed E-state index contributed by atoms with van der Waals surface area (Å²) >= 11 is 0. The van der Waals surface area contributed by atoms with Crippen LogP contribution in [-0.4, -0.2) is 93.1 Å². The SMILES string of the molecule is COc1cc(C)c(CN2CCN(C(=O)CN(C)CC(=O)NC3CC3)CC2)cc1OC. The Kier molecular flexibility index (Phi) is 7.55. The van der Waals surface area contributed by atoms with E-state index >= 15 is 0 Å². The molecule has 1 saturated heterocycles. The summed E-state index contributed by atoms with van der Waals surface area (Å²) in [6.07, 6.45) is 2.14. The zero-order chi connectivity index (χ0) is 21.7. The first-order chi connectivity index (χ1) is 14.4. The Morgan fingerprint density at radius 3 is 2.30 bits per heavy atom. The van der Waals surface area contributed by atoms with E-state index in [4.69, 9.17) is 9.47 Å². The van der Waals surface area contributed by atoms with Gasteiger partial charge < -0.3 is 19.7 Å². The quantitative estimate of drug-likeness (QED) is 0.642. The molecule has 1 aromatic carbocycles. The molecule has 30 heavy (non-hydrogen) atoms. The van der Waals surface area contributed by atoms with E-state index in [2.05, 4.69) is 17.1 Å². The average Bonchev–Trinajstić information content (AvgIpc) is 3.53. The summed E-state index contributed by atoms with van der Waals surface area (Å²) in [4.78, 5) is 30.5. The third kappa shape index (κ3) is 6.09. The van der Waals surface area contributed by atoms with Gasteiger partial charge in [0.05, 0.1) is 27.3 Å². The van der Waals surface area contributed by atoms with Crippen molar-refractivity contribution in [3.63, 3.8) is 0 Å². The molecule has 1 aromatic rings. The molecular weight excluding hydrogens is 384 g/mol. The van der Waals surface area contributed by atoms with Crippen molar-refractivity contribution in [3.8, 4) is 11.5 Å². The number of methoxy groups -OCH3 is 2. The van der Waals surface area contributed by atoms with Crippen molar-refractivity contribution in [3.05, 3.63) is 23.3 Å². The standard InChI is InChI=1S/C22H34N4O4/c1-16-11-19(29-3)20(30-4)12-17(16)13-25-7-9-26(10-8-25)22(28)15-24(2)14-21(27)23-18-5-6-18/h11-12,18H,5-10,13-15H2,1-4H3,(H,23,27). The lowest BCUT2D eigenvalue weighted by Gasteiger charge is -2.35. The third-order valence-electron chi connectivity index (χ3n) is 5.72. The third-order valence-corrected chi connectivity index (χ3v) is 5.72. The number of amides is 2. The summed E-state index contributed by atoms with van der Waals surface area (Å²) in [5.41, 5.74) is 2.37. The predicted molar refractivity (Wildman–Crippen MR) is 115 cm³/mol. The highest BCUT2D eigenvalue weighted by atomic mass is 16.5. The normalized spacial score (nSPS) is 17.2. The molecule has 1 saturated carbocycles. The highest BCUT2D eigenvalue weighted by Gasteiger charge is 2.25. The number of rotatable bonds is 9. The first-order valence-electron chi connectivity index (χ1n) is 10.6. The van der Waals surface area contributed by atoms with Crippen LogP contribution in [0.5, 0.6) is 11.5 Å². The van der Waals surface area contributed by atoms with E-state index < -0.39 is 0 Å². The summed E-state index contributed by atoms with van der Waals surface area (Å²) in [6, 6.07) is 4.39. The minimum atomic E-state index is 0.00269. The Hall–Kier alpha value is -2.32. The van der Waals surface area contributed by atoms with E-state index in [9.17, 15) is 9.59 Å². The molecule has 0 bridgehead atoms. The van der Waals surface area contributed by atoms with Gasteiger partial charge in [-0.15, -0.1) is 0 Å². The van der Waals surface area contributed by atoms with E-state index in [1.165, 1.54) is 5.56 Å². The van der Waals surface area contributed by atoms with Gasteiger partial charge in [-0.05, 0) is 50.1 Å². The molecule has 1 aliphatic carbocycles. The molecule has 2 fully saturated rings. The van der Waals surface area contributed by atoms with Gasteiger partial charge in [0.15, 0.2) is 11.5 Å². The van der Waals surface area contributed by atoms with E-state index in [1.54, 1.807) is 19.1 Å². The minimum absolute atomic E-state index is 0.00269. The van der Waals surface area contributed by atoms with Crippen molar-refractivity contribution in [1.29, 1.82) is 0 Å². The average molecular weight is 419 g/mol. The van der Waals surface area contributed by atoms with Crippen LogP contribution in [0.1, 0.15) is 24.0 Å². The highest BCUT2D eigenvalue weighted by molar-refractivity contribution is 5.81. The number of piperazine rings is 1. The molecule has 8 nitrogen and oxygen atoms in total. The molecule has 3 rings (SSSR count). The second-order valence-corrected chi connectivity index (χ2v) is 8.30. The molecule has 1 N–H and O–H groups in total. The van der Waals surface area contributed by atoms with E-state index in [1.807, 2.05) is 24.1 Å². The summed E-state index contributed by atoms with van der Waals surface area (Å²) in [6.45, 7) is 6.48. The van der Waals surface area contributed by atoms with Crippen LogP contribution in [0.2, 0.25) is 0 Å². The Bertz CT molecular complexity index is 758. The van der Waals surface area contributed by atoms with Gasteiger partial charge in [-0.1, -0.05) is 0 Å². The maximum absolute atomic E-state index is 12.6. The molecule has 0 aromatic heterocycles. The maximum atomic E-state index is 12.6. The van der Waals surface area contributed by atoms with Crippen LogP contribution >= 0.6 is 0 Å². The van der Waals surface area contributed by atoms with E-state index in [0.29, 0.717) is 19.1 Å². The lowest BCUT2D eigenvalue weighted by Crippen LogP contribution is -2.51. The monoisotopic (exact) mass is 418 g/mol. The lowest BCUT2D eigenvalue weighted by molar-refractivity contribution is -0.134. The highest BCUT2D eigenvalue weighted by Crippen LogP contribution is 2.31. The van der Waals surface area contributed by atoms with Crippen molar-refractivity contribution < 1.29 is 19.1 Å². The summed E-state index contributed by atoms with van der Waals surface area (Å²) in [5.74, 6) is 1.56. The van der Waals surface area contributed by atoms with Crippen molar-refractivity contribution in [2.24, 2.45) is 0 Å². The van der Waals surface area contributed by atoms with E-state index in [-0.39, 0.29) is 24.9 Å². The van der Waals surface area contributed by atoms with E-state index in [0.717, 1.165) is 49.5 Å². The first-order valence-corrected chi connectivity index (χ1v) is 10.6. The molecule has 2 aliphatic rings. The van der Waals surface area contributed by atoms with Crippen molar-refractivity contribution >= 4 is 11.8 Å². The summed E-state index contributed by atoms with van der Waals surface area (Å²) in [7, 11) is 5.11. The molecule has 2 amide bonds. The Balaban J connectivity index is 1.45. The number of carbonyl (C=O) groups excluding carboxylic acids is 2. The fourth-order valence-corrected chi connectivity index (χ4v) is 3.72. The van der Waals surface area contributed by atoms with Gasteiger partial charge in [0, 0.05) is 38.8 Å². The number of aryl methyl sites for hydroxylation is 1. The van der Waals surface area contributed by atoms with Gasteiger partial charge in [0.1, 0.15) is 0 Å². The fourth-order valence-electron chi connectivity index (χ4n) is 3.72. The molecule has 0 atom stereocenters. The van der Waals surface area contributed by atoms with Crippen molar-refractivity contribution in [2.75, 3.05) is 60.5 Å². The summed E-state index contributed by atoms with van der Waals surface area (Å²) < 4.78 is 10.8. The topological polar surface area (TPSA) is 74.4 Å². The molecule has 166 valence electrons. The Labute approximate surface area is 179 Å². The van der Waals surface area contributed by atoms with Crippen molar-refractivity contribution in [2.45, 2.75) is 32.4 Å². The van der Waals surface area contributed by atoms with Gasteiger partial charge in [0.2, 0.25) is 11.8 Å². The summed E-state index contributed by atoms with van der Waals surface area (Å²) in [5, 5.41) is 2.96. The number of hydrogen-bond acceptors (Lipinski definition) is 6. The van der Waals surface area contributed by atoms with Crippen LogP contribution in [0.25, 0.3) is 0 Å². The zero-order valence-corrected chi connectivity index (χ0v) is 18.6. The Morgan fingerprint density at radius 1 is 1.07 bits per heavy atom. The smallest absolute Gasteiger partial charge is 0.236 e. The molecular formula is C22H34N4O4. The number of carbonyl (C=O) groups is 2. The maximum Gasteiger partial charge on any atom is 0.236 e. The first kappa shape index (κ1) is 22.4. The van der Waals surface area contributed by atoms with Crippen LogP contribution in [0.15, 0.2) is 12.1 Å². The molecule has 0 unspecified atom stereocenters. The van der Waals surface area contributed by atoms with Crippen LogP contribution in [-0.2, 0) is 16.1 Å². The molecule has 1 aliphatic heterocycles. The Morgan fingerprint density at radius 2 is 1.70 bits per heavy atom. The van der Waals surface area contributed by atoms with Gasteiger partial charge in [-0.3, -0.25) is 19.4 Å². The molecule has 1 heterocycles. The van der Waals surface area contributed by atoms with Crippen LogP contribution in [0.3, 0.4) is 0 Å². The number of nitrogens with zero attached hydrogens (tertiary/aromatic N) is 3. The number of nitrogens with one attached hydrogen (secondary N) is 1. The second kappa shape index (κ2) is 10.1. The van der Waals surface area contributed by atoms with Gasteiger partial charge in [-0.25, -0.2) is 0 Å². The van der Waals surface area contributed by atoms with Crippen LogP contribution < -0.4 is 14.8 Å². The largest absolute Gasteiger partial charge is 0.493 e. The molecule has 0 radical (unpaired) electrons. The molecule has 8 heteroatoms. The zero-order valence-electron chi connectivity index (χ0n) is 18.6. The lowest BCUT2D eigenvalue weighted by atomic mass is 10.1. The fraction of sp³-hybridized carbons (Fsp3) is 0.636. The second-order valence-electron chi connectivity index (χ2n) is 8.30. The van der Waals surface area contributed by atoms with Crippen LogP contribution in [0.4, 0.5) is 0 Å². The number of likely N-dealkylation sites (N-methyl/N-ethyl adjacent to an activating group) is 1. The minimum Gasteiger partial charge on any atom is -0.493 e. The number of hydrogen-bond donors (Lipinski definition) is 1. The van der Waals surface area contributed by atoms with Gasteiger partial charge in [-0.2, -0.15) is 0 Å². The van der Waals surface area contributed by atoms with Crippen LogP contribution in [0, 0.1) is 6.92 Å². The predicted octanol–water partition coefficient (Wildman–Crippen LogP) is 0.867. The van der Waals surface area contributed by atoms with Gasteiger partial charge in [0.25, 0.3) is 0 Å². The van der Waals surface area contributed by atoms with Crippen molar-refractivity contribution in [1.82, 2.24) is 20.0 Å². The number of ether oxygens (including phenoxy) is 2. The number of benzene rings is 1. The molecule has 0 spiro atoms.